The maximum atomic E-state index is 12.8. The van der Waals surface area contributed by atoms with E-state index >= 15 is 0 Å². The summed E-state index contributed by atoms with van der Waals surface area (Å²) in [6, 6.07) is 5.51. The molecule has 5 nitrogen and oxygen atoms in total. The number of ether oxygens (including phenoxy) is 1. The standard InChI is InChI=1S/C17H22N2O3/c1-12-6-7-14(22-2)13(10-12)11-19-15(20)17(18-16(19)21)8-4-3-5-9-17/h6-7,10H,3-5,8-9,11H2,1-2H3,(H,18,21). The van der Waals surface area contributed by atoms with Gasteiger partial charge in [0.1, 0.15) is 11.3 Å². The third-order valence-electron chi connectivity index (χ3n) is 4.72. The third-order valence-corrected chi connectivity index (χ3v) is 4.72. The van der Waals surface area contributed by atoms with Crippen molar-refractivity contribution in [1.29, 1.82) is 0 Å². The van der Waals surface area contributed by atoms with E-state index in [4.69, 9.17) is 4.74 Å². The lowest BCUT2D eigenvalue weighted by atomic mass is 9.82. The van der Waals surface area contributed by atoms with Crippen molar-refractivity contribution >= 4 is 11.9 Å². The monoisotopic (exact) mass is 302 g/mol. The first-order valence-electron chi connectivity index (χ1n) is 7.83. The molecular formula is C17H22N2O3. The van der Waals surface area contributed by atoms with Gasteiger partial charge in [0, 0.05) is 5.56 Å². The van der Waals surface area contributed by atoms with Crippen LogP contribution in [0.1, 0.15) is 43.2 Å². The fourth-order valence-electron chi connectivity index (χ4n) is 3.52. The van der Waals surface area contributed by atoms with Crippen molar-refractivity contribution in [3.63, 3.8) is 0 Å². The fraction of sp³-hybridized carbons (Fsp3) is 0.529. The van der Waals surface area contributed by atoms with Crippen LogP contribution >= 0.6 is 0 Å². The van der Waals surface area contributed by atoms with Crippen LogP contribution in [0.5, 0.6) is 5.75 Å². The van der Waals surface area contributed by atoms with Gasteiger partial charge in [-0.15, -0.1) is 0 Å². The molecule has 5 heteroatoms. The molecule has 1 heterocycles. The number of hydrogen-bond donors (Lipinski definition) is 1. The number of carbonyl (C=O) groups excluding carboxylic acids is 2. The normalized spacial score (nSPS) is 20.4. The van der Waals surface area contributed by atoms with Gasteiger partial charge in [0.15, 0.2) is 0 Å². The zero-order chi connectivity index (χ0) is 15.7. The van der Waals surface area contributed by atoms with Crippen LogP contribution in [0.15, 0.2) is 18.2 Å². The first kappa shape index (κ1) is 14.9. The molecule has 3 rings (SSSR count). The second-order valence-electron chi connectivity index (χ2n) is 6.28. The Morgan fingerprint density at radius 3 is 2.64 bits per heavy atom. The Bertz CT molecular complexity index is 606. The number of nitrogens with zero attached hydrogens (tertiary/aromatic N) is 1. The van der Waals surface area contributed by atoms with Crippen molar-refractivity contribution in [3.05, 3.63) is 29.3 Å². The molecule has 0 aromatic heterocycles. The molecule has 2 aliphatic rings. The van der Waals surface area contributed by atoms with Gasteiger partial charge in [0.05, 0.1) is 13.7 Å². The van der Waals surface area contributed by atoms with Gasteiger partial charge in [0.2, 0.25) is 0 Å². The molecule has 118 valence electrons. The lowest BCUT2D eigenvalue weighted by Gasteiger charge is -2.30. The number of amides is 3. The highest BCUT2D eigenvalue weighted by atomic mass is 16.5. The maximum absolute atomic E-state index is 12.8. The van der Waals surface area contributed by atoms with E-state index in [2.05, 4.69) is 5.32 Å². The average molecular weight is 302 g/mol. The predicted octanol–water partition coefficient (Wildman–Crippen LogP) is 2.76. The number of urea groups is 1. The largest absolute Gasteiger partial charge is 0.496 e. The molecule has 1 N–H and O–H groups in total. The molecule has 1 aromatic carbocycles. The van der Waals surface area contributed by atoms with Gasteiger partial charge in [-0.25, -0.2) is 4.79 Å². The minimum atomic E-state index is -0.660. The summed E-state index contributed by atoms with van der Waals surface area (Å²) in [6.45, 7) is 2.24. The summed E-state index contributed by atoms with van der Waals surface area (Å²) < 4.78 is 5.35. The Kier molecular flexibility index (Phi) is 3.81. The lowest BCUT2D eigenvalue weighted by Crippen LogP contribution is -2.48. The van der Waals surface area contributed by atoms with Crippen molar-refractivity contribution in [2.45, 2.75) is 51.1 Å². The Morgan fingerprint density at radius 2 is 1.95 bits per heavy atom. The second kappa shape index (κ2) is 5.63. The van der Waals surface area contributed by atoms with Gasteiger partial charge < -0.3 is 10.1 Å². The summed E-state index contributed by atoms with van der Waals surface area (Å²) in [5.41, 5.74) is 1.28. The van der Waals surface area contributed by atoms with Crippen molar-refractivity contribution in [2.24, 2.45) is 0 Å². The van der Waals surface area contributed by atoms with Crippen LogP contribution < -0.4 is 10.1 Å². The Labute approximate surface area is 130 Å². The zero-order valence-electron chi connectivity index (χ0n) is 13.1. The Morgan fingerprint density at radius 1 is 1.23 bits per heavy atom. The quantitative estimate of drug-likeness (QED) is 0.873. The topological polar surface area (TPSA) is 58.6 Å². The minimum Gasteiger partial charge on any atom is -0.496 e. The van der Waals surface area contributed by atoms with Crippen LogP contribution in [0, 0.1) is 6.92 Å². The molecule has 1 saturated heterocycles. The van der Waals surface area contributed by atoms with Crippen molar-refractivity contribution < 1.29 is 14.3 Å². The molecule has 1 saturated carbocycles. The summed E-state index contributed by atoms with van der Waals surface area (Å²) in [5.74, 6) is 0.622. The van der Waals surface area contributed by atoms with Gasteiger partial charge in [-0.3, -0.25) is 9.69 Å². The number of methoxy groups -OCH3 is 1. The SMILES string of the molecule is COc1ccc(C)cc1CN1C(=O)NC2(CCCCC2)C1=O. The van der Waals surface area contributed by atoms with Gasteiger partial charge in [0.25, 0.3) is 5.91 Å². The van der Waals surface area contributed by atoms with Crippen molar-refractivity contribution in [2.75, 3.05) is 7.11 Å². The molecule has 22 heavy (non-hydrogen) atoms. The molecule has 1 aliphatic heterocycles. The smallest absolute Gasteiger partial charge is 0.325 e. The summed E-state index contributed by atoms with van der Waals surface area (Å²) >= 11 is 0. The maximum Gasteiger partial charge on any atom is 0.325 e. The summed E-state index contributed by atoms with van der Waals surface area (Å²) in [7, 11) is 1.60. The summed E-state index contributed by atoms with van der Waals surface area (Å²) in [6.07, 6.45) is 4.62. The molecule has 2 fully saturated rings. The first-order chi connectivity index (χ1) is 10.6. The molecule has 3 amide bonds. The average Bonchev–Trinajstić information content (AvgIpc) is 2.73. The third kappa shape index (κ3) is 2.45. The molecule has 1 aliphatic carbocycles. The number of carbonyl (C=O) groups is 2. The summed E-state index contributed by atoms with van der Waals surface area (Å²) in [5, 5.41) is 2.94. The van der Waals surface area contributed by atoms with Crippen molar-refractivity contribution in [3.8, 4) is 5.75 Å². The second-order valence-corrected chi connectivity index (χ2v) is 6.28. The number of rotatable bonds is 3. The van der Waals surface area contributed by atoms with Crippen LogP contribution in [0.3, 0.4) is 0 Å². The summed E-state index contributed by atoms with van der Waals surface area (Å²) in [4.78, 5) is 26.4. The van der Waals surface area contributed by atoms with Gasteiger partial charge in [-0.2, -0.15) is 0 Å². The highest BCUT2D eigenvalue weighted by Crippen LogP contribution is 2.35. The molecular weight excluding hydrogens is 280 g/mol. The van der Waals surface area contributed by atoms with E-state index in [0.717, 1.165) is 43.2 Å². The van der Waals surface area contributed by atoms with Crippen LogP contribution in [-0.2, 0) is 11.3 Å². The van der Waals surface area contributed by atoms with E-state index in [0.29, 0.717) is 5.75 Å². The molecule has 1 aromatic rings. The van der Waals surface area contributed by atoms with E-state index in [1.165, 1.54) is 4.90 Å². The number of hydrogen-bond acceptors (Lipinski definition) is 3. The van der Waals surface area contributed by atoms with E-state index in [9.17, 15) is 9.59 Å². The number of nitrogens with one attached hydrogen (secondary N) is 1. The van der Waals surface area contributed by atoms with Crippen LogP contribution in [-0.4, -0.2) is 29.5 Å². The highest BCUT2D eigenvalue weighted by Gasteiger charge is 2.51. The van der Waals surface area contributed by atoms with Crippen LogP contribution in [0.4, 0.5) is 4.79 Å². The van der Waals surface area contributed by atoms with E-state index < -0.39 is 5.54 Å². The molecule has 0 unspecified atom stereocenters. The van der Waals surface area contributed by atoms with E-state index in [-0.39, 0.29) is 18.5 Å². The van der Waals surface area contributed by atoms with Crippen LogP contribution in [0.2, 0.25) is 0 Å². The number of imide groups is 1. The first-order valence-corrected chi connectivity index (χ1v) is 7.83. The predicted molar refractivity (Wildman–Crippen MR) is 82.6 cm³/mol. The van der Waals surface area contributed by atoms with Gasteiger partial charge >= 0.3 is 6.03 Å². The molecule has 0 bridgehead atoms. The van der Waals surface area contributed by atoms with Gasteiger partial charge in [-0.05, 0) is 25.8 Å². The van der Waals surface area contributed by atoms with Crippen molar-refractivity contribution in [1.82, 2.24) is 10.2 Å². The Hall–Kier alpha value is -2.04. The Balaban J connectivity index is 1.85. The number of benzene rings is 1. The molecule has 0 radical (unpaired) electrons. The van der Waals surface area contributed by atoms with Crippen LogP contribution in [0.25, 0.3) is 0 Å². The van der Waals surface area contributed by atoms with Gasteiger partial charge in [-0.1, -0.05) is 37.0 Å². The number of aryl methyl sites for hydroxylation is 1. The molecule has 1 spiro atoms. The zero-order valence-corrected chi connectivity index (χ0v) is 13.1. The highest BCUT2D eigenvalue weighted by molar-refractivity contribution is 6.07. The lowest BCUT2D eigenvalue weighted by molar-refractivity contribution is -0.132. The van der Waals surface area contributed by atoms with E-state index in [1.807, 2.05) is 25.1 Å². The van der Waals surface area contributed by atoms with E-state index in [1.54, 1.807) is 7.11 Å². The molecule has 0 atom stereocenters. The minimum absolute atomic E-state index is 0.0826. The fourth-order valence-corrected chi connectivity index (χ4v) is 3.52.